The normalized spacial score (nSPS) is 25.5. The number of piperidine rings is 1. The van der Waals surface area contributed by atoms with Crippen molar-refractivity contribution in [3.63, 3.8) is 0 Å². The number of hydrogen-bond donors (Lipinski definition) is 0. The Hall–Kier alpha value is -1.70. The molecule has 4 rings (SSSR count). The zero-order valence-electron chi connectivity index (χ0n) is 16.9. The number of amides is 1. The lowest BCUT2D eigenvalue weighted by Crippen LogP contribution is -2.50. The molecule has 3 aliphatic heterocycles. The van der Waals surface area contributed by atoms with Crippen molar-refractivity contribution in [2.75, 3.05) is 64.0 Å². The van der Waals surface area contributed by atoms with Gasteiger partial charge in [-0.1, -0.05) is 0 Å². The second-order valence-electron chi connectivity index (χ2n) is 8.06. The Balaban J connectivity index is 1.32. The first kappa shape index (κ1) is 19.6. The van der Waals surface area contributed by atoms with E-state index in [9.17, 15) is 4.79 Å². The van der Waals surface area contributed by atoms with Gasteiger partial charge in [-0.2, -0.15) is 0 Å². The molecule has 4 heterocycles. The minimum Gasteiger partial charge on any atom is -0.379 e. The van der Waals surface area contributed by atoms with E-state index in [1.807, 2.05) is 17.0 Å². The summed E-state index contributed by atoms with van der Waals surface area (Å²) in [7, 11) is 0. The van der Waals surface area contributed by atoms with E-state index in [4.69, 9.17) is 9.47 Å². The van der Waals surface area contributed by atoms with Crippen LogP contribution in [0.4, 0.5) is 5.82 Å². The molecule has 1 amide bonds. The van der Waals surface area contributed by atoms with Crippen LogP contribution in [-0.4, -0.2) is 91.9 Å². The highest BCUT2D eigenvalue weighted by Gasteiger charge is 2.28. The predicted octanol–water partition coefficient (Wildman–Crippen LogP) is 1.63. The van der Waals surface area contributed by atoms with Crippen LogP contribution in [0.1, 0.15) is 36.5 Å². The van der Waals surface area contributed by atoms with Crippen molar-refractivity contribution in [2.45, 2.75) is 38.3 Å². The molecule has 0 aliphatic carbocycles. The fourth-order valence-corrected chi connectivity index (χ4v) is 4.46. The van der Waals surface area contributed by atoms with E-state index in [0.29, 0.717) is 11.6 Å². The Labute approximate surface area is 167 Å². The molecule has 28 heavy (non-hydrogen) atoms. The number of pyridine rings is 1. The first-order valence-electron chi connectivity index (χ1n) is 10.6. The zero-order chi connectivity index (χ0) is 19.3. The number of aromatic nitrogens is 1. The highest BCUT2D eigenvalue weighted by molar-refractivity contribution is 5.94. The van der Waals surface area contributed by atoms with Crippen molar-refractivity contribution in [3.05, 3.63) is 23.9 Å². The van der Waals surface area contributed by atoms with Crippen molar-refractivity contribution < 1.29 is 14.3 Å². The summed E-state index contributed by atoms with van der Waals surface area (Å²) < 4.78 is 11.2. The van der Waals surface area contributed by atoms with Gasteiger partial charge in [-0.05, 0) is 38.3 Å². The van der Waals surface area contributed by atoms with E-state index in [0.717, 1.165) is 84.2 Å². The molecule has 0 N–H and O–H groups in total. The molecule has 0 spiro atoms. The summed E-state index contributed by atoms with van der Waals surface area (Å²) >= 11 is 0. The lowest BCUT2D eigenvalue weighted by atomic mass is 10.0. The van der Waals surface area contributed by atoms with Crippen LogP contribution < -0.4 is 4.90 Å². The van der Waals surface area contributed by atoms with Crippen LogP contribution in [0.5, 0.6) is 0 Å². The van der Waals surface area contributed by atoms with Crippen LogP contribution >= 0.6 is 0 Å². The Morgan fingerprint density at radius 3 is 2.57 bits per heavy atom. The Morgan fingerprint density at radius 2 is 1.86 bits per heavy atom. The van der Waals surface area contributed by atoms with Crippen LogP contribution in [0, 0.1) is 0 Å². The number of hydrogen-bond acceptors (Lipinski definition) is 6. The maximum absolute atomic E-state index is 12.9. The molecule has 0 unspecified atom stereocenters. The molecule has 0 aromatic carbocycles. The van der Waals surface area contributed by atoms with Gasteiger partial charge in [-0.25, -0.2) is 4.98 Å². The molecule has 3 fully saturated rings. The van der Waals surface area contributed by atoms with Crippen LogP contribution in [-0.2, 0) is 9.47 Å². The molecule has 0 radical (unpaired) electrons. The molecule has 1 atom stereocenters. The van der Waals surface area contributed by atoms with E-state index < -0.39 is 0 Å². The third-order valence-electron chi connectivity index (χ3n) is 6.08. The molecule has 1 aromatic rings. The Bertz CT molecular complexity index is 640. The van der Waals surface area contributed by atoms with Crippen molar-refractivity contribution in [1.82, 2.24) is 14.8 Å². The van der Waals surface area contributed by atoms with Crippen molar-refractivity contribution >= 4 is 11.7 Å². The SMILES string of the molecule is C[C@H]1CN(c2ccc(C(=O)N3CCC(N4CCOCC4)CC3)cn2)CCCO1. The first-order chi connectivity index (χ1) is 13.7. The number of anilines is 1. The minimum atomic E-state index is 0.104. The standard InChI is InChI=1S/C21H32N4O3/c1-17-16-25(7-2-12-28-17)20-4-3-18(15-22-20)21(26)24-8-5-19(6-9-24)23-10-13-27-14-11-23/h3-4,15,17,19H,2,5-14,16H2,1H3/t17-/m0/s1. The number of carbonyl (C=O) groups is 1. The zero-order valence-corrected chi connectivity index (χ0v) is 16.9. The summed E-state index contributed by atoms with van der Waals surface area (Å²) in [5, 5.41) is 0. The highest BCUT2D eigenvalue weighted by atomic mass is 16.5. The summed E-state index contributed by atoms with van der Waals surface area (Å²) in [5.74, 6) is 1.03. The molecule has 0 saturated carbocycles. The highest BCUT2D eigenvalue weighted by Crippen LogP contribution is 2.21. The molecular weight excluding hydrogens is 356 g/mol. The minimum absolute atomic E-state index is 0.104. The summed E-state index contributed by atoms with van der Waals surface area (Å²) in [6, 6.07) is 4.49. The van der Waals surface area contributed by atoms with E-state index >= 15 is 0 Å². The fourth-order valence-electron chi connectivity index (χ4n) is 4.46. The van der Waals surface area contributed by atoms with Gasteiger partial charge in [0.2, 0.25) is 0 Å². The average molecular weight is 389 g/mol. The summed E-state index contributed by atoms with van der Waals surface area (Å²) in [6.45, 7) is 10.0. The van der Waals surface area contributed by atoms with E-state index in [1.54, 1.807) is 6.20 Å². The van der Waals surface area contributed by atoms with Gasteiger partial charge in [-0.15, -0.1) is 0 Å². The van der Waals surface area contributed by atoms with Gasteiger partial charge in [0.1, 0.15) is 5.82 Å². The van der Waals surface area contributed by atoms with Crippen LogP contribution in [0.2, 0.25) is 0 Å². The number of ether oxygens (including phenoxy) is 2. The quantitative estimate of drug-likeness (QED) is 0.785. The fraction of sp³-hybridized carbons (Fsp3) is 0.714. The second kappa shape index (κ2) is 9.20. The van der Waals surface area contributed by atoms with Gasteiger partial charge >= 0.3 is 0 Å². The molecular formula is C21H32N4O3. The summed E-state index contributed by atoms with van der Waals surface area (Å²) in [6.07, 6.45) is 5.04. The summed E-state index contributed by atoms with van der Waals surface area (Å²) in [4.78, 5) is 24.2. The second-order valence-corrected chi connectivity index (χ2v) is 8.06. The topological polar surface area (TPSA) is 58.1 Å². The van der Waals surface area contributed by atoms with Crippen molar-refractivity contribution in [2.24, 2.45) is 0 Å². The van der Waals surface area contributed by atoms with Gasteiger partial charge in [0.25, 0.3) is 5.91 Å². The Kier molecular flexibility index (Phi) is 6.44. The molecule has 7 nitrogen and oxygen atoms in total. The smallest absolute Gasteiger partial charge is 0.255 e. The molecule has 0 bridgehead atoms. The third-order valence-corrected chi connectivity index (χ3v) is 6.08. The van der Waals surface area contributed by atoms with E-state index in [2.05, 4.69) is 21.7 Å². The molecule has 7 heteroatoms. The summed E-state index contributed by atoms with van der Waals surface area (Å²) in [5.41, 5.74) is 0.688. The number of likely N-dealkylation sites (tertiary alicyclic amines) is 1. The van der Waals surface area contributed by atoms with E-state index in [-0.39, 0.29) is 12.0 Å². The average Bonchev–Trinajstić information content (AvgIpc) is 2.98. The Morgan fingerprint density at radius 1 is 1.07 bits per heavy atom. The van der Waals surface area contributed by atoms with Crippen LogP contribution in [0.25, 0.3) is 0 Å². The third kappa shape index (κ3) is 4.64. The van der Waals surface area contributed by atoms with Crippen molar-refractivity contribution in [1.29, 1.82) is 0 Å². The van der Waals surface area contributed by atoms with Crippen LogP contribution in [0.15, 0.2) is 18.3 Å². The lowest BCUT2D eigenvalue weighted by Gasteiger charge is -2.40. The van der Waals surface area contributed by atoms with Gasteiger partial charge in [-0.3, -0.25) is 9.69 Å². The number of nitrogens with zero attached hydrogens (tertiary/aromatic N) is 4. The van der Waals surface area contributed by atoms with E-state index in [1.165, 1.54) is 0 Å². The van der Waals surface area contributed by atoms with Crippen LogP contribution in [0.3, 0.4) is 0 Å². The van der Waals surface area contributed by atoms with Gasteiger partial charge < -0.3 is 19.3 Å². The molecule has 3 aliphatic rings. The van der Waals surface area contributed by atoms with Gasteiger partial charge in [0.05, 0.1) is 24.9 Å². The number of carbonyl (C=O) groups excluding carboxylic acids is 1. The lowest BCUT2D eigenvalue weighted by molar-refractivity contribution is 0.00158. The maximum atomic E-state index is 12.9. The molecule has 154 valence electrons. The largest absolute Gasteiger partial charge is 0.379 e. The number of morpholine rings is 1. The van der Waals surface area contributed by atoms with Gasteiger partial charge in [0.15, 0.2) is 0 Å². The predicted molar refractivity (Wildman–Crippen MR) is 108 cm³/mol. The number of rotatable bonds is 3. The van der Waals surface area contributed by atoms with Crippen molar-refractivity contribution in [3.8, 4) is 0 Å². The monoisotopic (exact) mass is 388 g/mol. The molecule has 3 saturated heterocycles. The molecule has 1 aromatic heterocycles. The van der Waals surface area contributed by atoms with Gasteiger partial charge in [0, 0.05) is 58.1 Å². The first-order valence-corrected chi connectivity index (χ1v) is 10.6. The maximum Gasteiger partial charge on any atom is 0.255 e.